The van der Waals surface area contributed by atoms with E-state index in [0.717, 1.165) is 24.8 Å². The molecule has 77 heavy (non-hydrogen) atoms. The lowest BCUT2D eigenvalue weighted by Gasteiger charge is -2.71. The topological polar surface area (TPSA) is 377 Å². The molecule has 4 saturated heterocycles. The number of allylic oxidation sites excluding steroid dienone is 2. The van der Waals surface area contributed by atoms with Crippen molar-refractivity contribution in [2.24, 2.45) is 45.3 Å². The van der Waals surface area contributed by atoms with Crippen molar-refractivity contribution in [2.45, 2.75) is 254 Å². The quantitative estimate of drug-likeness (QED) is 0.0576. The van der Waals surface area contributed by atoms with E-state index in [1.165, 1.54) is 0 Å². The normalized spacial score (nSPS) is 52.7. The molecule has 4 saturated carbocycles. The second-order valence-corrected chi connectivity index (χ2v) is 25.7. The van der Waals surface area contributed by atoms with Gasteiger partial charge < -0.3 is 114 Å². The summed E-state index contributed by atoms with van der Waals surface area (Å²) in [5.41, 5.74) is -1.59. The molecule has 0 aromatic carbocycles. The Morgan fingerprint density at radius 1 is 0.545 bits per heavy atom. The van der Waals surface area contributed by atoms with Crippen molar-refractivity contribution in [3.8, 4) is 0 Å². The Morgan fingerprint density at radius 2 is 1.05 bits per heavy atom. The largest absolute Gasteiger partial charge is 0.394 e. The molecule has 15 N–H and O–H groups in total. The van der Waals surface area contributed by atoms with Crippen LogP contribution in [0, 0.1) is 45.3 Å². The first-order chi connectivity index (χ1) is 36.0. The van der Waals surface area contributed by atoms with Crippen LogP contribution in [0.1, 0.15) is 113 Å². The van der Waals surface area contributed by atoms with Gasteiger partial charge in [0, 0.05) is 0 Å². The van der Waals surface area contributed by atoms with Crippen molar-refractivity contribution in [3.63, 3.8) is 0 Å². The second kappa shape index (κ2) is 23.5. The molecule has 30 atom stereocenters. The Balaban J connectivity index is 1.01. The second-order valence-electron chi connectivity index (χ2n) is 25.7. The predicted octanol–water partition coefficient (Wildman–Crippen LogP) is -2.20. The molecule has 0 aromatic rings. The monoisotopic (exact) mass is 1110 g/mol. The zero-order valence-electron chi connectivity index (χ0n) is 45.8. The van der Waals surface area contributed by atoms with Gasteiger partial charge in [0.2, 0.25) is 0 Å². The number of rotatable bonds is 16. The van der Waals surface area contributed by atoms with Gasteiger partial charge in [0.05, 0.1) is 44.2 Å². The maximum Gasteiger partial charge on any atom is 0.187 e. The number of aliphatic hydroxyl groups is 15. The Hall–Kier alpha value is -1.18. The third kappa shape index (κ3) is 10.9. The number of ether oxygens (including phenoxy) is 8. The first-order valence-electron chi connectivity index (χ1n) is 27.9. The van der Waals surface area contributed by atoms with Gasteiger partial charge in [-0.3, -0.25) is 0 Å². The van der Waals surface area contributed by atoms with E-state index in [4.69, 9.17) is 37.9 Å². The van der Waals surface area contributed by atoms with E-state index in [2.05, 4.69) is 40.7 Å². The molecule has 4 aliphatic heterocycles. The molecule has 8 aliphatic rings. The van der Waals surface area contributed by atoms with Crippen molar-refractivity contribution in [1.82, 2.24) is 0 Å². The number of hydrogen-bond donors (Lipinski definition) is 15. The highest BCUT2D eigenvalue weighted by atomic mass is 16.8. The van der Waals surface area contributed by atoms with Gasteiger partial charge in [0.25, 0.3) is 0 Å². The molecule has 23 nitrogen and oxygen atoms in total. The zero-order valence-corrected chi connectivity index (χ0v) is 45.8. The van der Waals surface area contributed by atoms with Crippen molar-refractivity contribution < 1.29 is 114 Å². The fraction of sp³-hybridized carbons (Fsp3) is 0.963. The first kappa shape index (κ1) is 61.9. The molecule has 0 spiro atoms. The Kier molecular flexibility index (Phi) is 18.9. The van der Waals surface area contributed by atoms with E-state index in [0.29, 0.717) is 38.5 Å². The summed E-state index contributed by atoms with van der Waals surface area (Å²) < 4.78 is 48.9. The average Bonchev–Trinajstić information content (AvgIpc) is 3.96. The van der Waals surface area contributed by atoms with Crippen LogP contribution in [0.5, 0.6) is 0 Å². The lowest BCUT2D eigenvalue weighted by molar-refractivity contribution is -0.378. The minimum atomic E-state index is -1.82. The third-order valence-corrected chi connectivity index (χ3v) is 20.9. The summed E-state index contributed by atoms with van der Waals surface area (Å²) in [5.74, 6) is -0.475. The van der Waals surface area contributed by atoms with Crippen LogP contribution < -0.4 is 0 Å². The predicted molar refractivity (Wildman–Crippen MR) is 266 cm³/mol. The van der Waals surface area contributed by atoms with Crippen LogP contribution in [-0.4, -0.2) is 244 Å². The fourth-order valence-electron chi connectivity index (χ4n) is 16.3. The summed E-state index contributed by atoms with van der Waals surface area (Å²) in [7, 11) is 0. The van der Waals surface area contributed by atoms with Crippen LogP contribution in [0.4, 0.5) is 0 Å². The lowest BCUT2D eigenvalue weighted by Crippen LogP contribution is -2.68. The molecule has 23 heteroatoms. The standard InChI is InChI=1S/C54H92O23/c1-23(2)10-9-14-54(8,77-48-44(69)40(65)37(62)29(74-48)22-70-46-42(67)38(63)34(59)26(19-55)71-46)24-11-16-53(7)33(24)25(58)18-31-51(5)15-13-32(50(3,4)30(51)12-17-52(31,53)6)75-49-45(41(66)36(61)28(21-57)73-49)76-47-43(68)39(64)35(60)27(20-56)72-47/h10,24-49,55-69H,9,11-22H2,1-8H3/t24-,25+,26+,27+,28+,29+,30+,31+,32-,33-,34+,35+,36+,37+,38-,39-,40-,41-,42+,43+,44+,45+,46+,47-,48-,49-,51-,52+,53+,54-/m0/s1. The van der Waals surface area contributed by atoms with Crippen LogP contribution in [0.25, 0.3) is 0 Å². The molecule has 0 unspecified atom stereocenters. The summed E-state index contributed by atoms with van der Waals surface area (Å²) in [5, 5.41) is 162. The molecule has 8 rings (SSSR count). The third-order valence-electron chi connectivity index (χ3n) is 20.9. The summed E-state index contributed by atoms with van der Waals surface area (Å²) in [6.07, 6.45) is -25.2. The molecule has 0 radical (unpaired) electrons. The van der Waals surface area contributed by atoms with E-state index in [1.807, 2.05) is 20.8 Å². The summed E-state index contributed by atoms with van der Waals surface area (Å²) >= 11 is 0. The van der Waals surface area contributed by atoms with E-state index in [1.54, 1.807) is 0 Å². The first-order valence-corrected chi connectivity index (χ1v) is 27.9. The highest BCUT2D eigenvalue weighted by Crippen LogP contribution is 2.76. The minimum absolute atomic E-state index is 0.0374. The molecule has 0 bridgehead atoms. The Labute approximate surface area is 450 Å². The van der Waals surface area contributed by atoms with Crippen LogP contribution >= 0.6 is 0 Å². The van der Waals surface area contributed by atoms with E-state index in [-0.39, 0.29) is 34.5 Å². The lowest BCUT2D eigenvalue weighted by atomic mass is 9.35. The average molecular weight is 1110 g/mol. The maximum atomic E-state index is 12.8. The minimum Gasteiger partial charge on any atom is -0.394 e. The summed E-state index contributed by atoms with van der Waals surface area (Å²) in [4.78, 5) is 0. The highest BCUT2D eigenvalue weighted by molar-refractivity contribution is 5.20. The van der Waals surface area contributed by atoms with Gasteiger partial charge in [-0.2, -0.15) is 0 Å². The van der Waals surface area contributed by atoms with Gasteiger partial charge in [0.15, 0.2) is 25.2 Å². The molecule has 4 heterocycles. The van der Waals surface area contributed by atoms with Gasteiger partial charge >= 0.3 is 0 Å². The van der Waals surface area contributed by atoms with Crippen LogP contribution in [-0.2, 0) is 37.9 Å². The number of aliphatic hydroxyl groups excluding tert-OH is 15. The fourth-order valence-corrected chi connectivity index (χ4v) is 16.3. The van der Waals surface area contributed by atoms with Gasteiger partial charge in [0.1, 0.15) is 97.7 Å². The maximum absolute atomic E-state index is 12.8. The van der Waals surface area contributed by atoms with Crippen LogP contribution in [0.2, 0.25) is 0 Å². The van der Waals surface area contributed by atoms with Gasteiger partial charge in [-0.15, -0.1) is 0 Å². The Bertz CT molecular complexity index is 1990. The molecule has 446 valence electrons. The van der Waals surface area contributed by atoms with Crippen molar-refractivity contribution in [2.75, 3.05) is 26.4 Å². The van der Waals surface area contributed by atoms with Crippen LogP contribution in [0.15, 0.2) is 11.6 Å². The molecule has 0 amide bonds. The van der Waals surface area contributed by atoms with Crippen molar-refractivity contribution in [3.05, 3.63) is 11.6 Å². The molecule has 8 fully saturated rings. The SMILES string of the molecule is CC(C)=CCC[C@](C)(O[C@@H]1O[C@H](CO[C@@H]2O[C@H](CO)[C@@H](O)[C@H](O)[C@H]2O)[C@@H](O)[C@H](O)[C@H]1O)[C@H]1CC[C@]2(C)[C@@H]1[C@H](O)C[C@@H]1[C@@]3(C)CC[C@H](O[C@@H]4O[C@H](CO)[C@@H](O)[C@H](O)[C@H]4O[C@@H]4O[C@H](CO)[C@@H](O)[C@H](O)[C@H]4O)C(C)(C)[C@H]3CC[C@]12C. The zero-order chi connectivity index (χ0) is 56.6. The summed E-state index contributed by atoms with van der Waals surface area (Å²) in [6, 6.07) is 0. The molecular formula is C54H92O23. The van der Waals surface area contributed by atoms with E-state index < -0.39 is 178 Å². The Morgan fingerprint density at radius 3 is 1.64 bits per heavy atom. The highest BCUT2D eigenvalue weighted by Gasteiger charge is 2.72. The number of hydrogen-bond acceptors (Lipinski definition) is 23. The van der Waals surface area contributed by atoms with Crippen LogP contribution in [0.3, 0.4) is 0 Å². The molecule has 0 aromatic heterocycles. The van der Waals surface area contributed by atoms with Gasteiger partial charge in [-0.1, -0.05) is 46.3 Å². The van der Waals surface area contributed by atoms with Gasteiger partial charge in [-0.25, -0.2) is 0 Å². The van der Waals surface area contributed by atoms with Crippen molar-refractivity contribution in [1.29, 1.82) is 0 Å². The smallest absolute Gasteiger partial charge is 0.187 e. The van der Waals surface area contributed by atoms with E-state index in [9.17, 15) is 76.6 Å². The molecular weight excluding hydrogens is 1020 g/mol. The van der Waals surface area contributed by atoms with E-state index >= 15 is 0 Å². The summed E-state index contributed by atoms with van der Waals surface area (Å²) in [6.45, 7) is 14.6. The van der Waals surface area contributed by atoms with Gasteiger partial charge in [-0.05, 0) is 124 Å². The van der Waals surface area contributed by atoms with Crippen molar-refractivity contribution >= 4 is 0 Å². The number of fused-ring (bicyclic) bond motifs is 5. The molecule has 4 aliphatic carbocycles.